The SMILES string of the molecule is c1ccc(C[Se]c2ccccc2C2=NCCO2)cc1. The molecule has 0 aliphatic carbocycles. The Morgan fingerprint density at radius 3 is 2.58 bits per heavy atom. The van der Waals surface area contributed by atoms with Gasteiger partial charge in [-0.2, -0.15) is 0 Å². The van der Waals surface area contributed by atoms with E-state index in [1.54, 1.807) is 0 Å². The predicted molar refractivity (Wildman–Crippen MR) is 79.3 cm³/mol. The standard InChI is InChI=1S/C16H15NOSe/c1-2-6-13(7-3-1)12-19-15-9-5-4-8-14(15)16-17-10-11-18-16/h1-9H,10-12H2. The van der Waals surface area contributed by atoms with E-state index in [0.29, 0.717) is 15.0 Å². The monoisotopic (exact) mass is 317 g/mol. The molecule has 0 bridgehead atoms. The third-order valence-corrected chi connectivity index (χ3v) is 5.34. The molecule has 0 N–H and O–H groups in total. The molecule has 1 heterocycles. The Labute approximate surface area is 119 Å². The maximum absolute atomic E-state index is 5.59. The van der Waals surface area contributed by atoms with Gasteiger partial charge in [-0.3, -0.25) is 0 Å². The second kappa shape index (κ2) is 6.05. The topological polar surface area (TPSA) is 21.6 Å². The van der Waals surface area contributed by atoms with Gasteiger partial charge < -0.3 is 0 Å². The van der Waals surface area contributed by atoms with Crippen molar-refractivity contribution < 1.29 is 4.74 Å². The van der Waals surface area contributed by atoms with E-state index in [1.807, 2.05) is 0 Å². The molecule has 2 nitrogen and oxygen atoms in total. The van der Waals surface area contributed by atoms with Crippen LogP contribution in [0.4, 0.5) is 0 Å². The van der Waals surface area contributed by atoms with Crippen LogP contribution < -0.4 is 4.46 Å². The van der Waals surface area contributed by atoms with Crippen LogP contribution >= 0.6 is 0 Å². The molecule has 3 rings (SSSR count). The molecule has 0 aromatic heterocycles. The molecule has 0 spiro atoms. The van der Waals surface area contributed by atoms with Crippen molar-refractivity contribution in [2.75, 3.05) is 13.2 Å². The summed E-state index contributed by atoms with van der Waals surface area (Å²) >= 11 is 0.409. The van der Waals surface area contributed by atoms with E-state index in [0.717, 1.165) is 24.4 Å². The molecule has 2 aromatic rings. The fourth-order valence-electron chi connectivity index (χ4n) is 2.00. The molecule has 0 unspecified atom stereocenters. The zero-order valence-corrected chi connectivity index (χ0v) is 12.3. The Morgan fingerprint density at radius 2 is 1.79 bits per heavy atom. The number of hydrogen-bond donors (Lipinski definition) is 0. The summed E-state index contributed by atoms with van der Waals surface area (Å²) in [5.74, 6) is 0.825. The summed E-state index contributed by atoms with van der Waals surface area (Å²) < 4.78 is 6.97. The minimum atomic E-state index is 0.409. The van der Waals surface area contributed by atoms with Gasteiger partial charge in [0, 0.05) is 0 Å². The first-order valence-electron chi connectivity index (χ1n) is 6.37. The average Bonchev–Trinajstić information content (AvgIpc) is 3.01. The van der Waals surface area contributed by atoms with Gasteiger partial charge in [-0.15, -0.1) is 0 Å². The number of nitrogens with zero attached hydrogens (tertiary/aromatic N) is 1. The van der Waals surface area contributed by atoms with Gasteiger partial charge in [0.15, 0.2) is 0 Å². The van der Waals surface area contributed by atoms with E-state index in [2.05, 4.69) is 59.6 Å². The third kappa shape index (κ3) is 3.06. The van der Waals surface area contributed by atoms with Gasteiger partial charge in [0.1, 0.15) is 0 Å². The van der Waals surface area contributed by atoms with Gasteiger partial charge in [0.2, 0.25) is 0 Å². The normalized spacial score (nSPS) is 14.0. The Balaban J connectivity index is 1.77. The van der Waals surface area contributed by atoms with Gasteiger partial charge >= 0.3 is 119 Å². The van der Waals surface area contributed by atoms with Crippen molar-refractivity contribution in [2.45, 2.75) is 5.32 Å². The number of hydrogen-bond acceptors (Lipinski definition) is 2. The van der Waals surface area contributed by atoms with Crippen molar-refractivity contribution in [2.24, 2.45) is 4.99 Å². The Morgan fingerprint density at radius 1 is 1.00 bits per heavy atom. The van der Waals surface area contributed by atoms with Gasteiger partial charge in [-0.05, 0) is 0 Å². The summed E-state index contributed by atoms with van der Waals surface area (Å²) in [6.45, 7) is 1.50. The first-order valence-corrected chi connectivity index (χ1v) is 8.43. The molecule has 0 saturated carbocycles. The fraction of sp³-hybridized carbons (Fsp3) is 0.188. The Bertz CT molecular complexity index is 580. The van der Waals surface area contributed by atoms with Crippen LogP contribution in [0, 0.1) is 0 Å². The summed E-state index contributed by atoms with van der Waals surface area (Å²) in [5.41, 5.74) is 2.57. The minimum absolute atomic E-state index is 0.409. The molecular weight excluding hydrogens is 301 g/mol. The molecule has 0 saturated heterocycles. The second-order valence-electron chi connectivity index (χ2n) is 4.31. The van der Waals surface area contributed by atoms with E-state index >= 15 is 0 Å². The number of benzene rings is 2. The van der Waals surface area contributed by atoms with Crippen molar-refractivity contribution in [3.05, 3.63) is 65.7 Å². The van der Waals surface area contributed by atoms with Crippen LogP contribution in [-0.4, -0.2) is 34.0 Å². The molecule has 0 radical (unpaired) electrons. The van der Waals surface area contributed by atoms with E-state index in [1.165, 1.54) is 15.6 Å². The number of rotatable bonds is 4. The van der Waals surface area contributed by atoms with Gasteiger partial charge in [-0.25, -0.2) is 0 Å². The zero-order valence-electron chi connectivity index (χ0n) is 10.6. The van der Waals surface area contributed by atoms with E-state index in [-0.39, 0.29) is 0 Å². The molecule has 19 heavy (non-hydrogen) atoms. The van der Waals surface area contributed by atoms with Crippen molar-refractivity contribution in [3.63, 3.8) is 0 Å². The molecule has 96 valence electrons. The third-order valence-electron chi connectivity index (χ3n) is 2.94. The van der Waals surface area contributed by atoms with E-state index in [4.69, 9.17) is 4.74 Å². The number of aliphatic imine (C=N–C) groups is 1. The summed E-state index contributed by atoms with van der Waals surface area (Å²) in [6, 6.07) is 19.1. The molecule has 1 aliphatic rings. The van der Waals surface area contributed by atoms with Crippen molar-refractivity contribution in [1.82, 2.24) is 0 Å². The van der Waals surface area contributed by atoms with E-state index in [9.17, 15) is 0 Å². The first kappa shape index (κ1) is 12.5. The summed E-state index contributed by atoms with van der Waals surface area (Å²) in [4.78, 5) is 4.43. The molecule has 1 aliphatic heterocycles. The molecule has 0 amide bonds. The van der Waals surface area contributed by atoms with Crippen LogP contribution in [0.5, 0.6) is 0 Å². The van der Waals surface area contributed by atoms with Gasteiger partial charge in [0.05, 0.1) is 0 Å². The Hall–Kier alpha value is -1.57. The van der Waals surface area contributed by atoms with Crippen molar-refractivity contribution in [3.8, 4) is 0 Å². The van der Waals surface area contributed by atoms with Crippen LogP contribution in [0.1, 0.15) is 11.1 Å². The van der Waals surface area contributed by atoms with Gasteiger partial charge in [-0.1, -0.05) is 0 Å². The number of ether oxygens (including phenoxy) is 1. The molecule has 3 heteroatoms. The van der Waals surface area contributed by atoms with Crippen molar-refractivity contribution >= 4 is 25.3 Å². The van der Waals surface area contributed by atoms with Crippen molar-refractivity contribution in [1.29, 1.82) is 0 Å². The second-order valence-corrected chi connectivity index (χ2v) is 6.44. The van der Waals surface area contributed by atoms with Crippen LogP contribution in [-0.2, 0) is 10.1 Å². The summed E-state index contributed by atoms with van der Waals surface area (Å²) in [7, 11) is 0. The molecule has 2 aromatic carbocycles. The van der Waals surface area contributed by atoms with E-state index < -0.39 is 0 Å². The quantitative estimate of drug-likeness (QED) is 0.791. The van der Waals surface area contributed by atoms with Crippen LogP contribution in [0.3, 0.4) is 0 Å². The van der Waals surface area contributed by atoms with Gasteiger partial charge in [0.25, 0.3) is 0 Å². The van der Waals surface area contributed by atoms with Crippen LogP contribution in [0.15, 0.2) is 59.6 Å². The fourth-order valence-corrected chi connectivity index (χ4v) is 4.10. The van der Waals surface area contributed by atoms with Crippen LogP contribution in [0.2, 0.25) is 0 Å². The molecular formula is C16H15NOSe. The predicted octanol–water partition coefficient (Wildman–Crippen LogP) is 1.99. The zero-order chi connectivity index (χ0) is 12.9. The average molecular weight is 316 g/mol. The Kier molecular flexibility index (Phi) is 3.97. The maximum atomic E-state index is 5.59. The first-order chi connectivity index (χ1) is 9.43. The molecule has 0 atom stereocenters. The van der Waals surface area contributed by atoms with Crippen LogP contribution in [0.25, 0.3) is 0 Å². The summed E-state index contributed by atoms with van der Waals surface area (Å²) in [5, 5.41) is 1.11. The molecule has 0 fully saturated rings. The summed E-state index contributed by atoms with van der Waals surface area (Å²) in [6.07, 6.45) is 0.